The second-order valence-electron chi connectivity index (χ2n) is 9.38. The number of nitrogens with one attached hydrogen (secondary N) is 1. The zero-order valence-electron chi connectivity index (χ0n) is 17.5. The summed E-state index contributed by atoms with van der Waals surface area (Å²) in [7, 11) is 0. The first-order valence-corrected chi connectivity index (χ1v) is 10.4. The lowest BCUT2D eigenvalue weighted by atomic mass is 9.63. The van der Waals surface area contributed by atoms with Gasteiger partial charge in [0, 0.05) is 5.41 Å². The Labute approximate surface area is 171 Å². The SMILES string of the molecule is CC(NC(=O)C12CCC(C)(c3nc4ccccc4nc31)C2(C)C)c1ccccc1. The summed E-state index contributed by atoms with van der Waals surface area (Å²) in [6.07, 6.45) is 1.76. The number of carbonyl (C=O) groups is 1. The van der Waals surface area contributed by atoms with Crippen LogP contribution in [-0.4, -0.2) is 15.9 Å². The van der Waals surface area contributed by atoms with Crippen LogP contribution in [0.4, 0.5) is 0 Å². The third-order valence-corrected chi connectivity index (χ3v) is 7.98. The molecule has 0 aliphatic heterocycles. The number of carbonyl (C=O) groups excluding carboxylic acids is 1. The molecule has 4 heteroatoms. The minimum atomic E-state index is -0.656. The molecule has 1 fully saturated rings. The monoisotopic (exact) mass is 385 g/mol. The molecule has 3 unspecified atom stereocenters. The van der Waals surface area contributed by atoms with Crippen LogP contribution >= 0.6 is 0 Å². The van der Waals surface area contributed by atoms with Gasteiger partial charge in [-0.1, -0.05) is 63.2 Å². The Kier molecular flexibility index (Phi) is 3.71. The molecule has 3 aromatic rings. The number of amides is 1. The van der Waals surface area contributed by atoms with Crippen LogP contribution in [0.3, 0.4) is 0 Å². The molecule has 1 aromatic heterocycles. The molecular weight excluding hydrogens is 358 g/mol. The lowest BCUT2D eigenvalue weighted by Crippen LogP contribution is -2.51. The summed E-state index contributed by atoms with van der Waals surface area (Å²) in [4.78, 5) is 23.9. The van der Waals surface area contributed by atoms with E-state index in [9.17, 15) is 4.79 Å². The number of benzene rings is 2. The number of rotatable bonds is 3. The Balaban J connectivity index is 1.64. The van der Waals surface area contributed by atoms with Gasteiger partial charge in [-0.15, -0.1) is 0 Å². The summed E-state index contributed by atoms with van der Waals surface area (Å²) < 4.78 is 0. The molecule has 1 saturated carbocycles. The highest BCUT2D eigenvalue weighted by atomic mass is 16.2. The second kappa shape index (κ2) is 5.88. The molecule has 0 spiro atoms. The zero-order valence-corrected chi connectivity index (χ0v) is 17.5. The fourth-order valence-electron chi connectivity index (χ4n) is 5.69. The Morgan fingerprint density at radius 2 is 1.48 bits per heavy atom. The molecule has 2 aliphatic rings. The first-order chi connectivity index (χ1) is 13.8. The summed E-state index contributed by atoms with van der Waals surface area (Å²) >= 11 is 0. The van der Waals surface area contributed by atoms with Gasteiger partial charge in [0.05, 0.1) is 33.9 Å². The quantitative estimate of drug-likeness (QED) is 0.702. The highest BCUT2D eigenvalue weighted by Gasteiger charge is 2.73. The number of para-hydroxylation sites is 2. The molecular formula is C25H27N3O. The minimum Gasteiger partial charge on any atom is -0.349 e. The van der Waals surface area contributed by atoms with Gasteiger partial charge in [0.1, 0.15) is 0 Å². The number of fused-ring (bicyclic) bond motifs is 6. The molecule has 4 nitrogen and oxygen atoms in total. The van der Waals surface area contributed by atoms with Crippen molar-refractivity contribution in [2.45, 2.75) is 57.4 Å². The molecule has 1 N–H and O–H groups in total. The molecule has 2 bridgehead atoms. The highest BCUT2D eigenvalue weighted by Crippen LogP contribution is 2.70. The van der Waals surface area contributed by atoms with Crippen LogP contribution in [-0.2, 0) is 15.6 Å². The highest BCUT2D eigenvalue weighted by molar-refractivity contribution is 5.93. The molecule has 148 valence electrons. The lowest BCUT2D eigenvalue weighted by Gasteiger charge is -2.40. The van der Waals surface area contributed by atoms with Gasteiger partial charge in [0.25, 0.3) is 0 Å². The van der Waals surface area contributed by atoms with Gasteiger partial charge in [0.15, 0.2) is 0 Å². The number of aromatic nitrogens is 2. The van der Waals surface area contributed by atoms with Crippen LogP contribution in [0.2, 0.25) is 0 Å². The van der Waals surface area contributed by atoms with Crippen molar-refractivity contribution in [3.05, 3.63) is 71.5 Å². The largest absolute Gasteiger partial charge is 0.349 e. The maximum atomic E-state index is 13.9. The molecule has 0 radical (unpaired) electrons. The third kappa shape index (κ3) is 2.17. The predicted octanol–water partition coefficient (Wildman–Crippen LogP) is 4.84. The van der Waals surface area contributed by atoms with E-state index in [1.165, 1.54) is 0 Å². The van der Waals surface area contributed by atoms with Crippen molar-refractivity contribution in [1.82, 2.24) is 15.3 Å². The van der Waals surface area contributed by atoms with E-state index in [-0.39, 0.29) is 22.8 Å². The summed E-state index contributed by atoms with van der Waals surface area (Å²) in [6, 6.07) is 18.0. The van der Waals surface area contributed by atoms with Gasteiger partial charge >= 0.3 is 0 Å². The molecule has 2 aliphatic carbocycles. The van der Waals surface area contributed by atoms with Crippen molar-refractivity contribution in [3.8, 4) is 0 Å². The smallest absolute Gasteiger partial charge is 0.233 e. The van der Waals surface area contributed by atoms with Crippen molar-refractivity contribution in [3.63, 3.8) is 0 Å². The first-order valence-electron chi connectivity index (χ1n) is 10.4. The Hall–Kier alpha value is -2.75. The van der Waals surface area contributed by atoms with Crippen molar-refractivity contribution >= 4 is 16.9 Å². The van der Waals surface area contributed by atoms with E-state index in [1.807, 2.05) is 49.4 Å². The van der Waals surface area contributed by atoms with Crippen molar-refractivity contribution in [2.75, 3.05) is 0 Å². The van der Waals surface area contributed by atoms with Crippen molar-refractivity contribution in [2.24, 2.45) is 5.41 Å². The van der Waals surface area contributed by atoms with Gasteiger partial charge in [-0.2, -0.15) is 0 Å². The van der Waals surface area contributed by atoms with Crippen LogP contribution in [0.25, 0.3) is 11.0 Å². The van der Waals surface area contributed by atoms with E-state index in [0.29, 0.717) is 0 Å². The molecule has 0 saturated heterocycles. The average Bonchev–Trinajstić information content (AvgIpc) is 3.02. The molecule has 1 amide bonds. The average molecular weight is 386 g/mol. The standard InChI is InChI=1S/C25H27N3O/c1-16(17-10-6-5-7-11-17)26-22(29)25-15-14-24(4,23(25,2)3)20-21(25)28-19-13-9-8-12-18(19)27-20/h5-13,16H,14-15H2,1-4H3,(H,26,29). The molecule has 5 rings (SSSR count). The normalized spacial score (nSPS) is 27.6. The number of hydrogen-bond acceptors (Lipinski definition) is 3. The van der Waals surface area contributed by atoms with E-state index in [0.717, 1.165) is 40.8 Å². The van der Waals surface area contributed by atoms with E-state index < -0.39 is 5.41 Å². The zero-order chi connectivity index (χ0) is 20.4. The fraction of sp³-hybridized carbons (Fsp3) is 0.400. The maximum Gasteiger partial charge on any atom is 0.233 e. The van der Waals surface area contributed by atoms with Crippen LogP contribution < -0.4 is 5.32 Å². The van der Waals surface area contributed by atoms with Gasteiger partial charge in [0.2, 0.25) is 5.91 Å². The topological polar surface area (TPSA) is 54.9 Å². The summed E-state index contributed by atoms with van der Waals surface area (Å²) in [5.74, 6) is 0.0749. The second-order valence-corrected chi connectivity index (χ2v) is 9.38. The molecule has 3 atom stereocenters. The Morgan fingerprint density at radius 3 is 2.14 bits per heavy atom. The van der Waals surface area contributed by atoms with Gasteiger partial charge in [-0.3, -0.25) is 4.79 Å². The first kappa shape index (κ1) is 18.3. The predicted molar refractivity (Wildman–Crippen MR) is 115 cm³/mol. The van der Waals surface area contributed by atoms with E-state index in [1.54, 1.807) is 0 Å². The summed E-state index contributed by atoms with van der Waals surface area (Å²) in [5.41, 5.74) is 3.69. The van der Waals surface area contributed by atoms with Crippen molar-refractivity contribution in [1.29, 1.82) is 0 Å². The fourth-order valence-corrected chi connectivity index (χ4v) is 5.69. The van der Waals surface area contributed by atoms with Gasteiger partial charge < -0.3 is 5.32 Å². The molecule has 2 aromatic carbocycles. The number of nitrogens with zero attached hydrogens (tertiary/aromatic N) is 2. The van der Waals surface area contributed by atoms with Gasteiger partial charge in [-0.25, -0.2) is 9.97 Å². The van der Waals surface area contributed by atoms with Crippen LogP contribution in [0, 0.1) is 5.41 Å². The van der Waals surface area contributed by atoms with Crippen LogP contribution in [0.15, 0.2) is 54.6 Å². The minimum absolute atomic E-state index is 0.0572. The molecule has 1 heterocycles. The van der Waals surface area contributed by atoms with E-state index in [2.05, 4.69) is 38.2 Å². The third-order valence-electron chi connectivity index (χ3n) is 7.98. The summed E-state index contributed by atoms with van der Waals surface area (Å²) in [5, 5.41) is 3.31. The van der Waals surface area contributed by atoms with Crippen LogP contribution in [0.5, 0.6) is 0 Å². The lowest BCUT2D eigenvalue weighted by molar-refractivity contribution is -0.131. The van der Waals surface area contributed by atoms with Crippen molar-refractivity contribution < 1.29 is 4.79 Å². The summed E-state index contributed by atoms with van der Waals surface area (Å²) in [6.45, 7) is 8.76. The Morgan fingerprint density at radius 1 is 0.897 bits per heavy atom. The molecule has 29 heavy (non-hydrogen) atoms. The maximum absolute atomic E-state index is 13.9. The van der Waals surface area contributed by atoms with Gasteiger partial charge in [-0.05, 0) is 42.9 Å². The Bertz CT molecular complexity index is 1120. The van der Waals surface area contributed by atoms with E-state index in [4.69, 9.17) is 9.97 Å². The van der Waals surface area contributed by atoms with Crippen LogP contribution in [0.1, 0.15) is 63.5 Å². The number of hydrogen-bond donors (Lipinski definition) is 1. The van der Waals surface area contributed by atoms with E-state index >= 15 is 0 Å².